The van der Waals surface area contributed by atoms with E-state index in [2.05, 4.69) is 0 Å². The fourth-order valence-corrected chi connectivity index (χ4v) is 1.66. The van der Waals surface area contributed by atoms with Crippen molar-refractivity contribution in [3.63, 3.8) is 0 Å². The SMILES string of the molecule is Nc1cc(C(=O)O)cc(Cl)c1OCC1CC1. The van der Waals surface area contributed by atoms with E-state index in [0.717, 1.165) is 0 Å². The molecule has 0 unspecified atom stereocenters. The highest BCUT2D eigenvalue weighted by molar-refractivity contribution is 6.32. The van der Waals surface area contributed by atoms with Gasteiger partial charge in [0.15, 0.2) is 5.75 Å². The number of carboxylic acid groups (broad SMARTS) is 1. The van der Waals surface area contributed by atoms with E-state index in [4.69, 9.17) is 27.2 Å². The van der Waals surface area contributed by atoms with E-state index in [1.165, 1.54) is 25.0 Å². The first kappa shape index (κ1) is 11.1. The van der Waals surface area contributed by atoms with Gasteiger partial charge in [-0.3, -0.25) is 0 Å². The number of hydrogen-bond acceptors (Lipinski definition) is 3. The third-order valence-corrected chi connectivity index (χ3v) is 2.76. The predicted molar refractivity (Wildman–Crippen MR) is 61.0 cm³/mol. The van der Waals surface area contributed by atoms with E-state index in [1.54, 1.807) is 0 Å². The zero-order valence-corrected chi connectivity index (χ0v) is 9.33. The van der Waals surface area contributed by atoms with Gasteiger partial charge in [-0.25, -0.2) is 4.79 Å². The first-order valence-electron chi connectivity index (χ1n) is 5.03. The summed E-state index contributed by atoms with van der Waals surface area (Å²) in [5.41, 5.74) is 6.03. The summed E-state index contributed by atoms with van der Waals surface area (Å²) in [5.74, 6) is -0.0736. The van der Waals surface area contributed by atoms with Gasteiger partial charge in [0.1, 0.15) is 0 Å². The van der Waals surface area contributed by atoms with Gasteiger partial charge in [0.25, 0.3) is 0 Å². The molecule has 3 N–H and O–H groups in total. The molecule has 0 heterocycles. The number of hydrogen-bond donors (Lipinski definition) is 2. The van der Waals surface area contributed by atoms with Crippen molar-refractivity contribution >= 4 is 23.3 Å². The maximum absolute atomic E-state index is 10.7. The molecule has 4 nitrogen and oxygen atoms in total. The van der Waals surface area contributed by atoms with E-state index in [-0.39, 0.29) is 16.3 Å². The number of aromatic carboxylic acids is 1. The van der Waals surface area contributed by atoms with Crippen LogP contribution in [0.5, 0.6) is 5.75 Å². The number of nitrogens with two attached hydrogens (primary N) is 1. The van der Waals surface area contributed by atoms with Gasteiger partial charge in [0.2, 0.25) is 0 Å². The molecule has 0 aliphatic heterocycles. The molecule has 0 bridgehead atoms. The molecule has 0 saturated heterocycles. The maximum atomic E-state index is 10.7. The number of carboxylic acids is 1. The molecule has 1 aromatic carbocycles. The van der Waals surface area contributed by atoms with Crippen LogP contribution in [0.3, 0.4) is 0 Å². The number of rotatable bonds is 4. The van der Waals surface area contributed by atoms with Crippen LogP contribution in [0.1, 0.15) is 23.2 Å². The molecule has 1 aliphatic carbocycles. The fraction of sp³-hybridized carbons (Fsp3) is 0.364. The summed E-state index contributed by atoms with van der Waals surface area (Å²) in [6.07, 6.45) is 2.34. The van der Waals surface area contributed by atoms with Crippen molar-refractivity contribution in [2.75, 3.05) is 12.3 Å². The van der Waals surface area contributed by atoms with Gasteiger partial charge < -0.3 is 15.6 Å². The molecule has 0 atom stereocenters. The Hall–Kier alpha value is -1.42. The number of ether oxygens (including phenoxy) is 1. The van der Waals surface area contributed by atoms with E-state index in [9.17, 15) is 4.79 Å². The Morgan fingerprint density at radius 3 is 2.75 bits per heavy atom. The van der Waals surface area contributed by atoms with Gasteiger partial charge in [-0.15, -0.1) is 0 Å². The average molecular weight is 242 g/mol. The van der Waals surface area contributed by atoms with Crippen LogP contribution >= 0.6 is 11.6 Å². The third kappa shape index (κ3) is 2.39. The van der Waals surface area contributed by atoms with Crippen molar-refractivity contribution in [3.05, 3.63) is 22.7 Å². The minimum atomic E-state index is -1.05. The summed E-state index contributed by atoms with van der Waals surface area (Å²) >= 11 is 5.91. The minimum Gasteiger partial charge on any atom is -0.490 e. The molecule has 0 spiro atoms. The highest BCUT2D eigenvalue weighted by Gasteiger charge is 2.23. The van der Waals surface area contributed by atoms with Crippen LogP contribution in [-0.4, -0.2) is 17.7 Å². The molecule has 0 amide bonds. The molecular formula is C11H12ClNO3. The van der Waals surface area contributed by atoms with Crippen molar-refractivity contribution in [2.45, 2.75) is 12.8 Å². The van der Waals surface area contributed by atoms with E-state index in [1.807, 2.05) is 0 Å². The number of anilines is 1. The highest BCUT2D eigenvalue weighted by atomic mass is 35.5. The van der Waals surface area contributed by atoms with Crippen molar-refractivity contribution in [1.29, 1.82) is 0 Å². The smallest absolute Gasteiger partial charge is 0.335 e. The molecule has 1 aliphatic rings. The predicted octanol–water partition coefficient (Wildman–Crippen LogP) is 2.41. The van der Waals surface area contributed by atoms with Crippen molar-refractivity contribution in [1.82, 2.24) is 0 Å². The number of benzene rings is 1. The fourth-order valence-electron chi connectivity index (χ4n) is 1.38. The Labute approximate surface area is 98.0 Å². The maximum Gasteiger partial charge on any atom is 0.335 e. The van der Waals surface area contributed by atoms with Gasteiger partial charge >= 0.3 is 5.97 Å². The largest absolute Gasteiger partial charge is 0.490 e. The molecule has 1 aromatic rings. The molecule has 0 aromatic heterocycles. The van der Waals surface area contributed by atoms with Crippen molar-refractivity contribution in [2.24, 2.45) is 5.92 Å². The second-order valence-electron chi connectivity index (χ2n) is 3.94. The lowest BCUT2D eigenvalue weighted by Gasteiger charge is -2.11. The Morgan fingerprint density at radius 1 is 1.56 bits per heavy atom. The second-order valence-corrected chi connectivity index (χ2v) is 4.34. The summed E-state index contributed by atoms with van der Waals surface area (Å²) < 4.78 is 5.48. The minimum absolute atomic E-state index is 0.0706. The summed E-state index contributed by atoms with van der Waals surface area (Å²) in [5, 5.41) is 9.05. The summed E-state index contributed by atoms with van der Waals surface area (Å²) in [7, 11) is 0. The lowest BCUT2D eigenvalue weighted by atomic mass is 10.2. The van der Waals surface area contributed by atoms with Crippen molar-refractivity contribution < 1.29 is 14.6 Å². The van der Waals surface area contributed by atoms with Crippen LogP contribution in [0.4, 0.5) is 5.69 Å². The molecule has 1 fully saturated rings. The Morgan fingerprint density at radius 2 is 2.25 bits per heavy atom. The van der Waals surface area contributed by atoms with E-state index < -0.39 is 5.97 Å². The van der Waals surface area contributed by atoms with E-state index in [0.29, 0.717) is 18.3 Å². The standard InChI is InChI=1S/C11H12ClNO3/c12-8-3-7(11(14)15)4-9(13)10(8)16-5-6-1-2-6/h3-4,6H,1-2,5,13H2,(H,14,15). The Kier molecular flexibility index (Phi) is 2.92. The van der Waals surface area contributed by atoms with Gasteiger partial charge in [-0.05, 0) is 30.9 Å². The number of halogens is 1. The molecule has 86 valence electrons. The topological polar surface area (TPSA) is 72.6 Å². The van der Waals surface area contributed by atoms with E-state index >= 15 is 0 Å². The molecular weight excluding hydrogens is 230 g/mol. The molecule has 2 rings (SSSR count). The molecule has 5 heteroatoms. The average Bonchev–Trinajstić information content (AvgIpc) is 2.99. The summed E-state index contributed by atoms with van der Waals surface area (Å²) in [4.78, 5) is 10.7. The van der Waals surface area contributed by atoms with Gasteiger partial charge in [-0.2, -0.15) is 0 Å². The Bertz CT molecular complexity index is 406. The van der Waals surface area contributed by atoms with Crippen LogP contribution in [0.15, 0.2) is 12.1 Å². The van der Waals surface area contributed by atoms with Gasteiger partial charge in [0.05, 0.1) is 22.9 Å². The lowest BCUT2D eigenvalue weighted by Crippen LogP contribution is -2.05. The number of carbonyl (C=O) groups is 1. The van der Waals surface area contributed by atoms with Crippen molar-refractivity contribution in [3.8, 4) is 5.75 Å². The van der Waals surface area contributed by atoms with Crippen LogP contribution in [-0.2, 0) is 0 Å². The Balaban J connectivity index is 2.19. The third-order valence-electron chi connectivity index (χ3n) is 2.48. The first-order chi connectivity index (χ1) is 7.58. The van der Waals surface area contributed by atoms with Gasteiger partial charge in [0, 0.05) is 0 Å². The van der Waals surface area contributed by atoms with Crippen LogP contribution in [0.2, 0.25) is 5.02 Å². The van der Waals surface area contributed by atoms with Crippen LogP contribution in [0, 0.1) is 5.92 Å². The lowest BCUT2D eigenvalue weighted by molar-refractivity contribution is 0.0697. The number of nitrogen functional groups attached to an aromatic ring is 1. The summed E-state index contributed by atoms with van der Waals surface area (Å²) in [6, 6.07) is 2.71. The first-order valence-corrected chi connectivity index (χ1v) is 5.41. The normalized spacial score (nSPS) is 14.8. The molecule has 1 saturated carbocycles. The zero-order chi connectivity index (χ0) is 11.7. The van der Waals surface area contributed by atoms with Crippen LogP contribution < -0.4 is 10.5 Å². The summed E-state index contributed by atoms with van der Waals surface area (Å²) in [6.45, 7) is 0.594. The highest BCUT2D eigenvalue weighted by Crippen LogP contribution is 2.35. The second kappa shape index (κ2) is 4.22. The van der Waals surface area contributed by atoms with Gasteiger partial charge in [-0.1, -0.05) is 11.6 Å². The van der Waals surface area contributed by atoms with Crippen LogP contribution in [0.25, 0.3) is 0 Å². The molecule has 0 radical (unpaired) electrons. The monoisotopic (exact) mass is 241 g/mol. The quantitative estimate of drug-likeness (QED) is 0.794. The molecule has 16 heavy (non-hydrogen) atoms. The zero-order valence-electron chi connectivity index (χ0n) is 8.57.